The fraction of sp³-hybridized carbons (Fsp3) is 0.600. The molecule has 4 heterocycles. The second kappa shape index (κ2) is 6.07. The molecule has 1 aromatic rings. The molecule has 4 rings (SSSR count). The maximum absolute atomic E-state index is 13.2. The van der Waals surface area contributed by atoms with E-state index in [2.05, 4.69) is 15.2 Å². The maximum atomic E-state index is 13.2. The molecule has 8 heteroatoms. The molecule has 2 bridgehead atoms. The third kappa shape index (κ3) is 3.63. The number of carbonyl (C=O) groups excluding carboxylic acids is 1. The summed E-state index contributed by atoms with van der Waals surface area (Å²) in [5.41, 5.74) is -2.07. The molecular formula is C15H17F4N3O. The van der Waals surface area contributed by atoms with Crippen LogP contribution in [0.3, 0.4) is 0 Å². The fourth-order valence-electron chi connectivity index (χ4n) is 3.32. The Kier molecular flexibility index (Phi) is 4.27. The van der Waals surface area contributed by atoms with E-state index >= 15 is 0 Å². The van der Waals surface area contributed by atoms with Crippen molar-refractivity contribution in [1.82, 2.24) is 15.2 Å². The second-order valence-corrected chi connectivity index (χ2v) is 6.17. The summed E-state index contributed by atoms with van der Waals surface area (Å²) in [5, 5.41) is 2.74. The monoisotopic (exact) mass is 331 g/mol. The number of alkyl halides is 3. The molecule has 3 aliphatic heterocycles. The van der Waals surface area contributed by atoms with E-state index in [0.29, 0.717) is 18.5 Å². The van der Waals surface area contributed by atoms with Crippen LogP contribution in [0.5, 0.6) is 0 Å². The number of piperidine rings is 1. The third-order valence-corrected chi connectivity index (χ3v) is 4.49. The van der Waals surface area contributed by atoms with Gasteiger partial charge in [0.05, 0.1) is 0 Å². The molecular weight excluding hydrogens is 314 g/mol. The van der Waals surface area contributed by atoms with Gasteiger partial charge in [-0.25, -0.2) is 9.37 Å². The van der Waals surface area contributed by atoms with Crippen LogP contribution < -0.4 is 5.32 Å². The number of nitrogens with one attached hydrogen (secondary N) is 1. The fourth-order valence-corrected chi connectivity index (χ4v) is 3.32. The van der Waals surface area contributed by atoms with E-state index in [9.17, 15) is 22.4 Å². The Morgan fingerprint density at radius 1 is 1.26 bits per heavy atom. The van der Waals surface area contributed by atoms with Crippen LogP contribution >= 0.6 is 0 Å². The molecule has 3 aliphatic rings. The highest BCUT2D eigenvalue weighted by Crippen LogP contribution is 2.30. The first-order valence-electron chi connectivity index (χ1n) is 7.60. The van der Waals surface area contributed by atoms with Crippen molar-refractivity contribution in [3.05, 3.63) is 29.3 Å². The van der Waals surface area contributed by atoms with E-state index in [-0.39, 0.29) is 6.04 Å². The molecule has 0 aliphatic carbocycles. The number of halogens is 4. The normalized spacial score (nSPS) is 27.6. The quantitative estimate of drug-likeness (QED) is 0.847. The summed E-state index contributed by atoms with van der Waals surface area (Å²) >= 11 is 0. The first kappa shape index (κ1) is 16.2. The van der Waals surface area contributed by atoms with Gasteiger partial charge in [0.15, 0.2) is 11.5 Å². The third-order valence-electron chi connectivity index (χ3n) is 4.49. The minimum Gasteiger partial charge on any atom is -0.347 e. The predicted octanol–water partition coefficient (Wildman–Crippen LogP) is 2.45. The van der Waals surface area contributed by atoms with Crippen LogP contribution in [0, 0.1) is 11.7 Å². The van der Waals surface area contributed by atoms with Crippen molar-refractivity contribution in [3.8, 4) is 0 Å². The van der Waals surface area contributed by atoms with Gasteiger partial charge in [-0.15, -0.1) is 0 Å². The molecule has 1 aromatic heterocycles. The number of hydrogen-bond acceptors (Lipinski definition) is 3. The summed E-state index contributed by atoms with van der Waals surface area (Å²) < 4.78 is 51.3. The lowest BCUT2D eigenvalue weighted by atomic mass is 9.94. The topological polar surface area (TPSA) is 45.2 Å². The van der Waals surface area contributed by atoms with Crippen molar-refractivity contribution < 1.29 is 22.4 Å². The van der Waals surface area contributed by atoms with Crippen LogP contribution in [0.25, 0.3) is 0 Å². The van der Waals surface area contributed by atoms with Gasteiger partial charge in [-0.2, -0.15) is 13.2 Å². The van der Waals surface area contributed by atoms with Gasteiger partial charge in [-0.05, 0) is 50.4 Å². The molecule has 0 unspecified atom stereocenters. The summed E-state index contributed by atoms with van der Waals surface area (Å²) in [4.78, 5) is 17.6. The van der Waals surface area contributed by atoms with Gasteiger partial charge in [0.1, 0.15) is 5.69 Å². The van der Waals surface area contributed by atoms with Crippen molar-refractivity contribution in [1.29, 1.82) is 0 Å². The smallest absolute Gasteiger partial charge is 0.347 e. The molecule has 126 valence electrons. The van der Waals surface area contributed by atoms with Gasteiger partial charge in [-0.1, -0.05) is 0 Å². The van der Waals surface area contributed by atoms with Crippen LogP contribution in [-0.2, 0) is 6.18 Å². The van der Waals surface area contributed by atoms with E-state index in [1.165, 1.54) is 0 Å². The number of nitrogens with zero attached hydrogens (tertiary/aromatic N) is 2. The summed E-state index contributed by atoms with van der Waals surface area (Å²) in [5.74, 6) is -1.64. The molecule has 0 radical (unpaired) electrons. The standard InChI is InChI=1S/C15H17F4N3O/c16-11-1-2-12(21-13(11)15(17,18)19)14(23)20-10-7-9-3-5-22(8-10)6-4-9/h1-2,9-10H,3-8H2,(H,20,23)/t10-/m1/s1. The Labute approximate surface area is 130 Å². The van der Waals surface area contributed by atoms with Crippen LogP contribution in [0.4, 0.5) is 17.6 Å². The number of amides is 1. The molecule has 0 spiro atoms. The SMILES string of the molecule is O=C(N[C@@H]1CC2CCN(CC2)C1)c1ccc(F)c(C(F)(F)F)n1. The van der Waals surface area contributed by atoms with E-state index in [1.807, 2.05) is 0 Å². The highest BCUT2D eigenvalue weighted by atomic mass is 19.4. The Hall–Kier alpha value is -1.70. The molecule has 0 aromatic carbocycles. The van der Waals surface area contributed by atoms with E-state index in [4.69, 9.17) is 0 Å². The molecule has 1 amide bonds. The van der Waals surface area contributed by atoms with Gasteiger partial charge < -0.3 is 10.2 Å². The van der Waals surface area contributed by atoms with Crippen LogP contribution in [0.2, 0.25) is 0 Å². The Balaban J connectivity index is 1.73. The number of rotatable bonds is 2. The van der Waals surface area contributed by atoms with E-state index < -0.39 is 29.3 Å². The number of aromatic nitrogens is 1. The van der Waals surface area contributed by atoms with Crippen LogP contribution in [-0.4, -0.2) is 41.5 Å². The number of fused-ring (bicyclic) bond motifs is 4. The minimum atomic E-state index is -4.92. The number of hydrogen-bond donors (Lipinski definition) is 1. The van der Waals surface area contributed by atoms with Gasteiger partial charge in [0, 0.05) is 12.6 Å². The molecule has 1 atom stereocenters. The van der Waals surface area contributed by atoms with E-state index in [0.717, 1.165) is 38.4 Å². The molecule has 23 heavy (non-hydrogen) atoms. The largest absolute Gasteiger partial charge is 0.436 e. The van der Waals surface area contributed by atoms with Gasteiger partial charge in [0.2, 0.25) is 0 Å². The van der Waals surface area contributed by atoms with Gasteiger partial charge >= 0.3 is 6.18 Å². The van der Waals surface area contributed by atoms with E-state index in [1.54, 1.807) is 0 Å². The summed E-state index contributed by atoms with van der Waals surface area (Å²) in [6.07, 6.45) is -1.94. The molecule has 4 nitrogen and oxygen atoms in total. The van der Waals surface area contributed by atoms with Gasteiger partial charge in [0.25, 0.3) is 5.91 Å². The van der Waals surface area contributed by atoms with Gasteiger partial charge in [-0.3, -0.25) is 4.79 Å². The van der Waals surface area contributed by atoms with Crippen molar-refractivity contribution in [3.63, 3.8) is 0 Å². The zero-order valence-corrected chi connectivity index (χ0v) is 12.4. The Bertz CT molecular complexity index is 583. The maximum Gasteiger partial charge on any atom is 0.436 e. The lowest BCUT2D eigenvalue weighted by Gasteiger charge is -2.26. The zero-order valence-electron chi connectivity index (χ0n) is 12.4. The zero-order chi connectivity index (χ0) is 16.6. The first-order chi connectivity index (χ1) is 10.8. The van der Waals surface area contributed by atoms with Crippen molar-refractivity contribution in [2.75, 3.05) is 19.6 Å². The lowest BCUT2D eigenvalue weighted by Crippen LogP contribution is -2.42. The summed E-state index contributed by atoms with van der Waals surface area (Å²) in [6, 6.07) is 1.50. The Morgan fingerprint density at radius 3 is 2.61 bits per heavy atom. The second-order valence-electron chi connectivity index (χ2n) is 6.17. The molecule has 3 fully saturated rings. The molecule has 1 N–H and O–H groups in total. The van der Waals surface area contributed by atoms with Crippen molar-refractivity contribution >= 4 is 5.91 Å². The van der Waals surface area contributed by atoms with Crippen LogP contribution in [0.1, 0.15) is 35.4 Å². The van der Waals surface area contributed by atoms with Crippen molar-refractivity contribution in [2.45, 2.75) is 31.5 Å². The highest BCUT2D eigenvalue weighted by Gasteiger charge is 2.37. The molecule has 3 saturated heterocycles. The predicted molar refractivity (Wildman–Crippen MR) is 74.2 cm³/mol. The number of carbonyl (C=O) groups is 1. The highest BCUT2D eigenvalue weighted by molar-refractivity contribution is 5.92. The Morgan fingerprint density at radius 2 is 1.96 bits per heavy atom. The lowest BCUT2D eigenvalue weighted by molar-refractivity contribution is -0.143. The van der Waals surface area contributed by atoms with Crippen molar-refractivity contribution in [2.24, 2.45) is 5.92 Å². The average molecular weight is 331 g/mol. The molecule has 0 saturated carbocycles. The average Bonchev–Trinajstić information content (AvgIpc) is 2.78. The minimum absolute atomic E-state index is 0.112. The van der Waals surface area contributed by atoms with Crippen LogP contribution in [0.15, 0.2) is 12.1 Å². The number of pyridine rings is 1. The first-order valence-corrected chi connectivity index (χ1v) is 7.60. The summed E-state index contributed by atoms with van der Waals surface area (Å²) in [7, 11) is 0. The summed E-state index contributed by atoms with van der Waals surface area (Å²) in [6.45, 7) is 2.67.